The van der Waals surface area contributed by atoms with Crippen LogP contribution in [0.25, 0.3) is 0 Å². The highest BCUT2D eigenvalue weighted by molar-refractivity contribution is 6.05. The number of allylic oxidation sites excluding steroid dienone is 3. The first-order chi connectivity index (χ1) is 10.5. The van der Waals surface area contributed by atoms with E-state index in [1.807, 2.05) is 0 Å². The SMILES string of the molecule is COC(=O)C1=CN2C=CC=CC2=C(C(=O)OC)[C@@H]1C(=O)OC. The summed E-state index contributed by atoms with van der Waals surface area (Å²) in [6, 6.07) is 0. The Morgan fingerprint density at radius 2 is 1.68 bits per heavy atom. The zero-order chi connectivity index (χ0) is 16.3. The van der Waals surface area contributed by atoms with Gasteiger partial charge in [-0.05, 0) is 12.2 Å². The van der Waals surface area contributed by atoms with Crippen LogP contribution in [0.2, 0.25) is 0 Å². The fraction of sp³-hybridized carbons (Fsp3) is 0.267. The largest absolute Gasteiger partial charge is 0.468 e. The lowest BCUT2D eigenvalue weighted by Gasteiger charge is -2.31. The van der Waals surface area contributed by atoms with Gasteiger partial charge in [-0.3, -0.25) is 4.79 Å². The van der Waals surface area contributed by atoms with Crippen molar-refractivity contribution in [2.45, 2.75) is 0 Å². The van der Waals surface area contributed by atoms with Crippen LogP contribution in [0.3, 0.4) is 0 Å². The number of fused-ring (bicyclic) bond motifs is 1. The average molecular weight is 305 g/mol. The molecule has 2 rings (SSSR count). The van der Waals surface area contributed by atoms with Gasteiger partial charge in [0.2, 0.25) is 0 Å². The minimum absolute atomic E-state index is 0.00144. The minimum atomic E-state index is -1.20. The smallest absolute Gasteiger partial charge is 0.337 e. The molecule has 7 nitrogen and oxygen atoms in total. The van der Waals surface area contributed by atoms with Crippen LogP contribution in [0.5, 0.6) is 0 Å². The Kier molecular flexibility index (Phi) is 4.45. The first-order valence-corrected chi connectivity index (χ1v) is 6.38. The molecular weight excluding hydrogens is 290 g/mol. The molecule has 0 aromatic heterocycles. The highest BCUT2D eigenvalue weighted by Crippen LogP contribution is 2.35. The van der Waals surface area contributed by atoms with Crippen molar-refractivity contribution in [2.75, 3.05) is 21.3 Å². The Bertz CT molecular complexity index is 640. The van der Waals surface area contributed by atoms with Crippen molar-refractivity contribution in [1.29, 1.82) is 0 Å². The van der Waals surface area contributed by atoms with Gasteiger partial charge in [0.15, 0.2) is 0 Å². The van der Waals surface area contributed by atoms with Crippen LogP contribution in [0.1, 0.15) is 0 Å². The first kappa shape index (κ1) is 15.6. The molecule has 116 valence electrons. The quantitative estimate of drug-likeness (QED) is 0.559. The maximum Gasteiger partial charge on any atom is 0.337 e. The van der Waals surface area contributed by atoms with Crippen LogP contribution in [-0.2, 0) is 28.6 Å². The average Bonchev–Trinajstić information content (AvgIpc) is 2.57. The zero-order valence-corrected chi connectivity index (χ0v) is 12.4. The molecule has 0 bridgehead atoms. The highest BCUT2D eigenvalue weighted by atomic mass is 16.5. The summed E-state index contributed by atoms with van der Waals surface area (Å²) >= 11 is 0. The standard InChI is InChI=1S/C15H15NO6/c1-20-13(17)9-8-16-7-5-4-6-10(16)12(15(19)22-3)11(9)14(18)21-2/h4-8,11H,1-3H3/t11-/m1/s1. The Hall–Kier alpha value is -2.83. The number of carbonyl (C=O) groups excluding carboxylic acids is 3. The third kappa shape index (κ3) is 2.52. The summed E-state index contributed by atoms with van der Waals surface area (Å²) in [7, 11) is 3.58. The molecule has 0 amide bonds. The number of carbonyl (C=O) groups is 3. The van der Waals surface area contributed by atoms with E-state index in [0.29, 0.717) is 5.70 Å². The van der Waals surface area contributed by atoms with Crippen molar-refractivity contribution in [3.63, 3.8) is 0 Å². The van der Waals surface area contributed by atoms with Crippen molar-refractivity contribution in [3.8, 4) is 0 Å². The van der Waals surface area contributed by atoms with E-state index in [9.17, 15) is 14.4 Å². The first-order valence-electron chi connectivity index (χ1n) is 6.38. The van der Waals surface area contributed by atoms with Crippen LogP contribution in [-0.4, -0.2) is 44.1 Å². The van der Waals surface area contributed by atoms with Crippen molar-refractivity contribution in [1.82, 2.24) is 4.90 Å². The second-order valence-electron chi connectivity index (χ2n) is 4.43. The van der Waals surface area contributed by atoms with E-state index in [0.717, 1.165) is 0 Å². The fourth-order valence-corrected chi connectivity index (χ4v) is 2.31. The second-order valence-corrected chi connectivity index (χ2v) is 4.43. The Morgan fingerprint density at radius 1 is 1.00 bits per heavy atom. The zero-order valence-electron chi connectivity index (χ0n) is 12.4. The van der Waals surface area contributed by atoms with E-state index < -0.39 is 23.8 Å². The van der Waals surface area contributed by atoms with Gasteiger partial charge >= 0.3 is 17.9 Å². The lowest BCUT2D eigenvalue weighted by Crippen LogP contribution is -2.36. The van der Waals surface area contributed by atoms with Gasteiger partial charge < -0.3 is 19.1 Å². The van der Waals surface area contributed by atoms with Gasteiger partial charge in [0.05, 0.1) is 38.2 Å². The van der Waals surface area contributed by atoms with Crippen molar-refractivity contribution >= 4 is 17.9 Å². The summed E-state index contributed by atoms with van der Waals surface area (Å²) < 4.78 is 14.2. The predicted octanol–water partition coefficient (Wildman–Crippen LogP) is 0.659. The van der Waals surface area contributed by atoms with E-state index >= 15 is 0 Å². The molecule has 0 spiro atoms. The van der Waals surface area contributed by atoms with Crippen LogP contribution in [0.15, 0.2) is 47.5 Å². The Labute approximate surface area is 127 Å². The highest BCUT2D eigenvalue weighted by Gasteiger charge is 2.42. The summed E-state index contributed by atoms with van der Waals surface area (Å²) in [5, 5.41) is 0. The number of ether oxygens (including phenoxy) is 3. The topological polar surface area (TPSA) is 82.1 Å². The van der Waals surface area contributed by atoms with Crippen molar-refractivity contribution < 1.29 is 28.6 Å². The molecule has 1 atom stereocenters. The molecule has 0 N–H and O–H groups in total. The van der Waals surface area contributed by atoms with Gasteiger partial charge in [-0.2, -0.15) is 0 Å². The maximum absolute atomic E-state index is 12.2. The molecule has 0 aromatic carbocycles. The molecule has 2 heterocycles. The molecular formula is C15H15NO6. The number of methoxy groups -OCH3 is 3. The molecule has 0 saturated heterocycles. The van der Waals surface area contributed by atoms with Crippen molar-refractivity contribution in [3.05, 3.63) is 47.5 Å². The van der Waals surface area contributed by atoms with Crippen LogP contribution in [0, 0.1) is 5.92 Å². The molecule has 0 saturated carbocycles. The van der Waals surface area contributed by atoms with Gasteiger partial charge in [-0.15, -0.1) is 0 Å². The summed E-state index contributed by atoms with van der Waals surface area (Å²) in [5.41, 5.74) is 0.466. The minimum Gasteiger partial charge on any atom is -0.468 e. The van der Waals surface area contributed by atoms with E-state index in [1.54, 1.807) is 29.3 Å². The fourth-order valence-electron chi connectivity index (χ4n) is 2.31. The molecule has 22 heavy (non-hydrogen) atoms. The Morgan fingerprint density at radius 3 is 2.27 bits per heavy atom. The molecule has 0 fully saturated rings. The molecule has 0 radical (unpaired) electrons. The summed E-state index contributed by atoms with van der Waals surface area (Å²) in [4.78, 5) is 37.8. The molecule has 2 aliphatic heterocycles. The van der Waals surface area contributed by atoms with E-state index in [4.69, 9.17) is 14.2 Å². The number of esters is 3. The van der Waals surface area contributed by atoms with E-state index in [1.165, 1.54) is 27.5 Å². The monoisotopic (exact) mass is 305 g/mol. The van der Waals surface area contributed by atoms with Gasteiger partial charge in [0, 0.05) is 12.4 Å². The summed E-state index contributed by atoms with van der Waals surface area (Å²) in [6.07, 6.45) is 8.17. The number of rotatable bonds is 3. The molecule has 7 heteroatoms. The van der Waals surface area contributed by atoms with Crippen LogP contribution >= 0.6 is 0 Å². The van der Waals surface area contributed by atoms with Gasteiger partial charge in [0.25, 0.3) is 0 Å². The molecule has 2 aliphatic rings. The van der Waals surface area contributed by atoms with Crippen LogP contribution in [0.4, 0.5) is 0 Å². The Balaban J connectivity index is 2.64. The lowest BCUT2D eigenvalue weighted by atomic mass is 9.86. The second kappa shape index (κ2) is 6.30. The summed E-state index contributed by atoms with van der Waals surface area (Å²) in [5.74, 6) is -3.39. The number of hydrogen-bond acceptors (Lipinski definition) is 7. The van der Waals surface area contributed by atoms with Gasteiger partial charge in [-0.1, -0.05) is 6.08 Å². The maximum atomic E-state index is 12.2. The van der Waals surface area contributed by atoms with Crippen molar-refractivity contribution in [2.24, 2.45) is 5.92 Å². The van der Waals surface area contributed by atoms with Gasteiger partial charge in [0.1, 0.15) is 5.92 Å². The molecule has 0 unspecified atom stereocenters. The number of hydrogen-bond donors (Lipinski definition) is 0. The summed E-state index contributed by atoms with van der Waals surface area (Å²) in [6.45, 7) is 0. The third-order valence-electron chi connectivity index (χ3n) is 3.31. The van der Waals surface area contributed by atoms with Gasteiger partial charge in [-0.25, -0.2) is 9.59 Å². The van der Waals surface area contributed by atoms with Crippen LogP contribution < -0.4 is 0 Å². The van der Waals surface area contributed by atoms with E-state index in [-0.39, 0.29) is 11.1 Å². The lowest BCUT2D eigenvalue weighted by molar-refractivity contribution is -0.148. The predicted molar refractivity (Wildman–Crippen MR) is 74.8 cm³/mol. The third-order valence-corrected chi connectivity index (χ3v) is 3.31. The normalized spacial score (nSPS) is 19.3. The van der Waals surface area contributed by atoms with E-state index in [2.05, 4.69) is 0 Å². The number of nitrogens with zero attached hydrogens (tertiary/aromatic N) is 1. The molecule has 0 aromatic rings. The molecule has 0 aliphatic carbocycles.